The molecule has 0 spiro atoms. The highest BCUT2D eigenvalue weighted by molar-refractivity contribution is 5.81. The monoisotopic (exact) mass is 296 g/mol. The Morgan fingerprint density at radius 3 is 2.95 bits per heavy atom. The van der Waals surface area contributed by atoms with Crippen LogP contribution in [0.1, 0.15) is 19.4 Å². The van der Waals surface area contributed by atoms with Crippen molar-refractivity contribution in [3.05, 3.63) is 66.4 Å². The Morgan fingerprint density at radius 1 is 1.41 bits per heavy atom. The molecule has 1 aliphatic rings. The Bertz CT molecular complexity index is 601. The van der Waals surface area contributed by atoms with Crippen molar-refractivity contribution in [1.82, 2.24) is 5.32 Å². The highest BCUT2D eigenvalue weighted by Crippen LogP contribution is 2.27. The van der Waals surface area contributed by atoms with Crippen molar-refractivity contribution in [3.8, 4) is 0 Å². The second-order valence-corrected chi connectivity index (χ2v) is 5.63. The second-order valence-electron chi connectivity index (χ2n) is 5.63. The Labute approximate surface area is 133 Å². The first-order chi connectivity index (χ1) is 10.6. The highest BCUT2D eigenvalue weighted by atomic mass is 16.1. The molecule has 1 aliphatic heterocycles. The molecule has 1 aromatic rings. The average molecular weight is 296 g/mol. The van der Waals surface area contributed by atoms with E-state index in [0.29, 0.717) is 5.70 Å². The van der Waals surface area contributed by atoms with Crippen molar-refractivity contribution in [1.29, 1.82) is 0 Å². The van der Waals surface area contributed by atoms with Gasteiger partial charge in [0.1, 0.15) is 0 Å². The molecule has 0 aromatic heterocycles. The molecule has 1 atom stereocenters. The molecule has 1 heterocycles. The van der Waals surface area contributed by atoms with Crippen LogP contribution in [0.2, 0.25) is 0 Å². The normalized spacial score (nSPS) is 15.3. The van der Waals surface area contributed by atoms with Crippen molar-refractivity contribution in [2.45, 2.75) is 20.3 Å². The van der Waals surface area contributed by atoms with E-state index in [1.807, 2.05) is 32.1 Å². The molecule has 116 valence electrons. The van der Waals surface area contributed by atoms with Crippen LogP contribution in [-0.2, 0) is 11.2 Å². The number of carbonyl (C=O) groups excluding carboxylic acids is 1. The third-order valence-corrected chi connectivity index (χ3v) is 3.81. The van der Waals surface area contributed by atoms with E-state index in [4.69, 9.17) is 0 Å². The molecule has 0 unspecified atom stereocenters. The first kappa shape index (κ1) is 16.1. The number of allylic oxidation sites excluding steroid dienone is 4. The Kier molecular flexibility index (Phi) is 5.59. The van der Waals surface area contributed by atoms with Crippen LogP contribution in [0.15, 0.2) is 60.8 Å². The molecule has 22 heavy (non-hydrogen) atoms. The van der Waals surface area contributed by atoms with Gasteiger partial charge in [-0.1, -0.05) is 49.9 Å². The molecule has 0 fully saturated rings. The number of carbonyl (C=O) groups is 1. The largest absolute Gasteiger partial charge is 0.370 e. The minimum absolute atomic E-state index is 0.0134. The van der Waals surface area contributed by atoms with Gasteiger partial charge in [0.25, 0.3) is 0 Å². The molecule has 1 N–H and O–H groups in total. The number of anilines is 1. The van der Waals surface area contributed by atoms with Crippen LogP contribution in [0.5, 0.6) is 0 Å². The van der Waals surface area contributed by atoms with Crippen LogP contribution < -0.4 is 10.2 Å². The Balaban J connectivity index is 1.89. The predicted octanol–water partition coefficient (Wildman–Crippen LogP) is 3.45. The number of hydrogen-bond donors (Lipinski definition) is 1. The predicted molar refractivity (Wildman–Crippen MR) is 92.8 cm³/mol. The molecule has 1 amide bonds. The standard InChI is InChI=1S/C19H24N2O/c1-4-5-6-9-16(3)20-19(22)15(2)14-21-13-12-17-10-7-8-11-18(17)21/h4-11,15H,3,12-14H2,1-2H3,(H,20,22)/b5-4-,9-6-/t15-/m1/s1. The van der Waals surface area contributed by atoms with Crippen molar-refractivity contribution in [3.63, 3.8) is 0 Å². The zero-order valence-corrected chi connectivity index (χ0v) is 13.4. The first-order valence-corrected chi connectivity index (χ1v) is 7.73. The third-order valence-electron chi connectivity index (χ3n) is 3.81. The molecule has 2 rings (SSSR count). The SMILES string of the molecule is C=C(/C=C\C=C/C)NC(=O)[C@H](C)CN1CCc2ccccc21. The minimum Gasteiger partial charge on any atom is -0.370 e. The van der Waals surface area contributed by atoms with Gasteiger partial charge in [-0.15, -0.1) is 0 Å². The number of rotatable bonds is 6. The van der Waals surface area contributed by atoms with Gasteiger partial charge < -0.3 is 10.2 Å². The van der Waals surface area contributed by atoms with E-state index < -0.39 is 0 Å². The van der Waals surface area contributed by atoms with Crippen molar-refractivity contribution in [2.75, 3.05) is 18.0 Å². The minimum atomic E-state index is -0.0852. The molecule has 3 nitrogen and oxygen atoms in total. The number of nitrogens with one attached hydrogen (secondary N) is 1. The summed E-state index contributed by atoms with van der Waals surface area (Å²) < 4.78 is 0. The molecule has 0 radical (unpaired) electrons. The topological polar surface area (TPSA) is 32.3 Å². The Morgan fingerprint density at radius 2 is 2.18 bits per heavy atom. The molecule has 3 heteroatoms. The summed E-state index contributed by atoms with van der Waals surface area (Å²) in [6.45, 7) is 9.47. The van der Waals surface area contributed by atoms with Crippen molar-refractivity contribution < 1.29 is 4.79 Å². The van der Waals surface area contributed by atoms with E-state index in [-0.39, 0.29) is 11.8 Å². The van der Waals surface area contributed by atoms with Gasteiger partial charge in [0.05, 0.1) is 5.92 Å². The van der Waals surface area contributed by atoms with E-state index in [0.717, 1.165) is 19.5 Å². The molecule has 0 aliphatic carbocycles. The van der Waals surface area contributed by atoms with Crippen LogP contribution in [-0.4, -0.2) is 19.0 Å². The first-order valence-electron chi connectivity index (χ1n) is 7.73. The lowest BCUT2D eigenvalue weighted by Gasteiger charge is -2.23. The van der Waals surface area contributed by atoms with E-state index in [9.17, 15) is 4.79 Å². The number of hydrogen-bond acceptors (Lipinski definition) is 2. The summed E-state index contributed by atoms with van der Waals surface area (Å²) in [4.78, 5) is 14.5. The highest BCUT2D eigenvalue weighted by Gasteiger charge is 2.22. The Hall–Kier alpha value is -2.29. The summed E-state index contributed by atoms with van der Waals surface area (Å²) in [5.41, 5.74) is 3.25. The van der Waals surface area contributed by atoms with Crippen LogP contribution in [0.4, 0.5) is 5.69 Å². The number of amides is 1. The van der Waals surface area contributed by atoms with Gasteiger partial charge in [-0.05, 0) is 31.1 Å². The van der Waals surface area contributed by atoms with Crippen LogP contribution in [0.3, 0.4) is 0 Å². The lowest BCUT2D eigenvalue weighted by molar-refractivity contribution is -0.123. The van der Waals surface area contributed by atoms with Crippen molar-refractivity contribution in [2.24, 2.45) is 5.92 Å². The number of nitrogens with zero attached hydrogens (tertiary/aromatic N) is 1. The maximum Gasteiger partial charge on any atom is 0.228 e. The fourth-order valence-electron chi connectivity index (χ4n) is 2.62. The van der Waals surface area contributed by atoms with E-state index in [2.05, 4.69) is 41.1 Å². The quantitative estimate of drug-likeness (QED) is 0.816. The van der Waals surface area contributed by atoms with E-state index in [1.54, 1.807) is 6.08 Å². The molecular formula is C19H24N2O. The van der Waals surface area contributed by atoms with Gasteiger partial charge >= 0.3 is 0 Å². The molecule has 0 bridgehead atoms. The lowest BCUT2D eigenvalue weighted by atomic mass is 10.1. The fraction of sp³-hybridized carbons (Fsp3) is 0.316. The summed E-state index contributed by atoms with van der Waals surface area (Å²) >= 11 is 0. The van der Waals surface area contributed by atoms with E-state index >= 15 is 0 Å². The number of para-hydroxylation sites is 1. The molecule has 0 saturated carbocycles. The summed E-state index contributed by atoms with van der Waals surface area (Å²) in [6.07, 6.45) is 8.56. The maximum atomic E-state index is 12.2. The second kappa shape index (κ2) is 7.64. The number of benzene rings is 1. The maximum absolute atomic E-state index is 12.2. The van der Waals surface area contributed by atoms with Gasteiger partial charge in [-0.25, -0.2) is 0 Å². The van der Waals surface area contributed by atoms with Gasteiger partial charge in [-0.3, -0.25) is 4.79 Å². The van der Waals surface area contributed by atoms with Crippen LogP contribution >= 0.6 is 0 Å². The average Bonchev–Trinajstić information content (AvgIpc) is 2.91. The molecule has 1 aromatic carbocycles. The van der Waals surface area contributed by atoms with E-state index in [1.165, 1.54) is 11.3 Å². The lowest BCUT2D eigenvalue weighted by Crippen LogP contribution is -2.36. The summed E-state index contributed by atoms with van der Waals surface area (Å²) in [5.74, 6) is -0.0717. The molecular weight excluding hydrogens is 272 g/mol. The summed E-state index contributed by atoms with van der Waals surface area (Å²) in [5, 5.41) is 2.86. The fourth-order valence-corrected chi connectivity index (χ4v) is 2.62. The van der Waals surface area contributed by atoms with Crippen LogP contribution in [0, 0.1) is 5.92 Å². The number of fused-ring (bicyclic) bond motifs is 1. The van der Waals surface area contributed by atoms with Crippen molar-refractivity contribution >= 4 is 11.6 Å². The summed E-state index contributed by atoms with van der Waals surface area (Å²) in [6, 6.07) is 8.41. The summed E-state index contributed by atoms with van der Waals surface area (Å²) in [7, 11) is 0. The molecule has 0 saturated heterocycles. The van der Waals surface area contributed by atoms with Crippen LogP contribution in [0.25, 0.3) is 0 Å². The third kappa shape index (κ3) is 4.10. The smallest absolute Gasteiger partial charge is 0.228 e. The van der Waals surface area contributed by atoms with Gasteiger partial charge in [0, 0.05) is 24.5 Å². The van der Waals surface area contributed by atoms with Gasteiger partial charge in [0.15, 0.2) is 0 Å². The zero-order chi connectivity index (χ0) is 15.9. The van der Waals surface area contributed by atoms with Gasteiger partial charge in [0.2, 0.25) is 5.91 Å². The van der Waals surface area contributed by atoms with Gasteiger partial charge in [-0.2, -0.15) is 0 Å². The zero-order valence-electron chi connectivity index (χ0n) is 13.4.